The van der Waals surface area contributed by atoms with Crippen LogP contribution >= 0.6 is 7.82 Å². The highest BCUT2D eigenvalue weighted by molar-refractivity contribution is 7.47. The van der Waals surface area contributed by atoms with Crippen LogP contribution in [-0.2, 0) is 60.0 Å². The van der Waals surface area contributed by atoms with Crippen molar-refractivity contribution in [1.82, 2.24) is 29.9 Å². The quantitative estimate of drug-likeness (QED) is 0.0497. The Kier molecular flexibility index (Phi) is 15.3. The fourth-order valence-electron chi connectivity index (χ4n) is 5.22. The van der Waals surface area contributed by atoms with Crippen LogP contribution in [0, 0.1) is 0 Å². The van der Waals surface area contributed by atoms with Crippen molar-refractivity contribution in [2.75, 3.05) is 53.4 Å². The average Bonchev–Trinajstić information content (AvgIpc) is 3.69. The van der Waals surface area contributed by atoms with Gasteiger partial charge in [0.1, 0.15) is 48.4 Å². The molecule has 0 aliphatic carbocycles. The van der Waals surface area contributed by atoms with Crippen molar-refractivity contribution in [3.63, 3.8) is 0 Å². The van der Waals surface area contributed by atoms with Crippen molar-refractivity contribution >= 4 is 13.7 Å². The highest BCUT2D eigenvalue weighted by atomic mass is 31.2. The van der Waals surface area contributed by atoms with Gasteiger partial charge in [0.05, 0.1) is 65.6 Å². The number of phosphoric ester groups is 1. The smallest absolute Gasteiger partial charge is 0.394 e. The molecule has 4 heterocycles. The first-order valence-electron chi connectivity index (χ1n) is 15.7. The van der Waals surface area contributed by atoms with Gasteiger partial charge in [0.15, 0.2) is 12.5 Å². The van der Waals surface area contributed by atoms with E-state index in [-0.39, 0.29) is 39.6 Å². The number of rotatable bonds is 20. The second-order valence-electron chi connectivity index (χ2n) is 11.3. The molecule has 288 valence electrons. The Labute approximate surface area is 289 Å². The lowest BCUT2D eigenvalue weighted by Gasteiger charge is -2.42. The van der Waals surface area contributed by atoms with Crippen LogP contribution in [0.2, 0.25) is 0 Å². The molecule has 7 unspecified atom stereocenters. The molecule has 2 aromatic rings. The molecule has 24 heteroatoms. The Morgan fingerprint density at radius 3 is 2.39 bits per heavy atom. The third-order valence-corrected chi connectivity index (χ3v) is 8.65. The average molecular weight is 755 g/mol. The molecular weight excluding hydrogens is 711 g/mol. The number of aliphatic hydroxyl groups is 4. The van der Waals surface area contributed by atoms with Crippen molar-refractivity contribution in [2.45, 2.75) is 75.3 Å². The molecule has 0 spiro atoms. The lowest BCUT2D eigenvalue weighted by molar-refractivity contribution is -0.272. The van der Waals surface area contributed by atoms with E-state index in [4.69, 9.17) is 32.9 Å². The number of hydrogen-bond acceptors (Lipinski definition) is 18. The van der Waals surface area contributed by atoms with Crippen molar-refractivity contribution in [2.24, 2.45) is 0 Å². The van der Waals surface area contributed by atoms with Crippen LogP contribution in [0.5, 0.6) is 0 Å². The zero-order valence-electron chi connectivity index (χ0n) is 27.7. The van der Waals surface area contributed by atoms with E-state index in [1.54, 1.807) is 6.20 Å². The number of carbonyl (C=O) groups is 1. The Bertz CT molecular complexity index is 1560. The number of nitrogens with zero attached hydrogens (tertiary/aromatic N) is 4. The maximum absolute atomic E-state index is 12.5. The molecule has 0 bridgehead atoms. The molecule has 23 nitrogen and oxygen atoms in total. The number of aliphatic hydroxyl groups excluding tert-OH is 4. The molecule has 2 aliphatic rings. The summed E-state index contributed by atoms with van der Waals surface area (Å²) in [5.41, 5.74) is -1.19. The zero-order chi connectivity index (χ0) is 37.1. The van der Waals surface area contributed by atoms with Crippen molar-refractivity contribution in [3.8, 4) is 0 Å². The summed E-state index contributed by atoms with van der Waals surface area (Å²) in [6.45, 7) is 0.846. The van der Waals surface area contributed by atoms with Crippen LogP contribution in [0.3, 0.4) is 0 Å². The minimum Gasteiger partial charge on any atom is -0.394 e. The number of aromatic nitrogens is 5. The van der Waals surface area contributed by atoms with E-state index in [2.05, 4.69) is 25.1 Å². The SMILES string of the molecule is COP(=O)(O)OC1[C@@H](CO)O[C@@H](n2ccc(=O)[nH]c2=O)[C@H]1OCc1cn(CCOCCOCCOC2OC(CO)C(O)C(O)C2NC(C)=O)nn1. The monoisotopic (exact) mass is 754 g/mol. The van der Waals surface area contributed by atoms with Gasteiger partial charge in [-0.25, -0.2) is 14.0 Å². The van der Waals surface area contributed by atoms with E-state index in [0.717, 1.165) is 23.9 Å². The summed E-state index contributed by atoms with van der Waals surface area (Å²) >= 11 is 0. The summed E-state index contributed by atoms with van der Waals surface area (Å²) in [6, 6.07) is 0.0127. The summed E-state index contributed by atoms with van der Waals surface area (Å²) in [6.07, 6.45) is -7.49. The van der Waals surface area contributed by atoms with Gasteiger partial charge in [-0.1, -0.05) is 5.21 Å². The lowest BCUT2D eigenvalue weighted by atomic mass is 9.97. The van der Waals surface area contributed by atoms with E-state index < -0.39 is 93.4 Å². The van der Waals surface area contributed by atoms with E-state index >= 15 is 0 Å². The summed E-state index contributed by atoms with van der Waals surface area (Å²) in [5.74, 6) is -0.467. The van der Waals surface area contributed by atoms with Crippen molar-refractivity contribution in [3.05, 3.63) is 45.0 Å². The highest BCUT2D eigenvalue weighted by Crippen LogP contribution is 2.48. The maximum atomic E-state index is 12.5. The fraction of sp³-hybridized carbons (Fsp3) is 0.741. The highest BCUT2D eigenvalue weighted by Gasteiger charge is 2.50. The molecule has 2 saturated heterocycles. The third kappa shape index (κ3) is 11.2. The standard InChI is InChI=1S/C27H43N6O17P/c1-15(36)28-20-22(39)21(38)17(12-34)49-26(20)46-10-9-45-8-7-44-6-5-32-11-16(30-31-32)14-47-24-23(50-51(41,42)43-2)18(13-35)48-25(24)33-4-3-19(37)29-27(33)40/h3-4,11,17-18,20-26,34-35,38-39H,5-10,12-14H2,1-2H3,(H,28,36)(H,41,42)(H,29,37,40)/t17?,18-,20?,21?,22?,23?,24+,25-,26?/m1/s1. The summed E-state index contributed by atoms with van der Waals surface area (Å²) < 4.78 is 58.1. The first kappa shape index (κ1) is 40.8. The van der Waals surface area contributed by atoms with Crippen LogP contribution in [0.25, 0.3) is 0 Å². The van der Waals surface area contributed by atoms with Gasteiger partial charge in [-0.05, 0) is 0 Å². The molecule has 0 aromatic carbocycles. The number of ether oxygens (including phenoxy) is 6. The largest absolute Gasteiger partial charge is 0.472 e. The molecule has 7 N–H and O–H groups in total. The minimum absolute atomic E-state index is 0.0140. The van der Waals surface area contributed by atoms with Gasteiger partial charge in [0.2, 0.25) is 5.91 Å². The normalized spacial score (nSPS) is 29.2. The number of phosphoric acid groups is 1. The first-order valence-corrected chi connectivity index (χ1v) is 17.2. The van der Waals surface area contributed by atoms with E-state index in [1.807, 2.05) is 0 Å². The summed E-state index contributed by atoms with van der Waals surface area (Å²) in [7, 11) is -3.66. The molecule has 0 saturated carbocycles. The summed E-state index contributed by atoms with van der Waals surface area (Å²) in [4.78, 5) is 47.6. The van der Waals surface area contributed by atoms with Crippen molar-refractivity contribution < 1.29 is 72.1 Å². The third-order valence-electron chi connectivity index (χ3n) is 7.68. The molecule has 0 radical (unpaired) electrons. The van der Waals surface area contributed by atoms with E-state index in [9.17, 15) is 44.3 Å². The van der Waals surface area contributed by atoms with Gasteiger partial charge in [-0.3, -0.25) is 28.2 Å². The number of aromatic amines is 1. The van der Waals surface area contributed by atoms with Gasteiger partial charge in [-0.15, -0.1) is 5.10 Å². The Balaban J connectivity index is 1.21. The second-order valence-corrected chi connectivity index (χ2v) is 12.8. The molecular formula is C27H43N6O17P. The minimum atomic E-state index is -4.61. The van der Waals surface area contributed by atoms with Crippen LogP contribution in [-0.4, -0.2) is 158 Å². The van der Waals surface area contributed by atoms with E-state index in [1.165, 1.54) is 11.6 Å². The number of hydrogen-bond donors (Lipinski definition) is 7. The zero-order valence-corrected chi connectivity index (χ0v) is 28.6. The van der Waals surface area contributed by atoms with Gasteiger partial charge < -0.3 is 59.1 Å². The first-order chi connectivity index (χ1) is 24.4. The predicted molar refractivity (Wildman–Crippen MR) is 166 cm³/mol. The molecule has 10 atom stereocenters. The summed E-state index contributed by atoms with van der Waals surface area (Å²) in [5, 5.41) is 50.1. The molecule has 1 amide bonds. The number of amides is 1. The fourth-order valence-corrected chi connectivity index (χ4v) is 5.87. The van der Waals surface area contributed by atoms with E-state index in [0.29, 0.717) is 12.2 Å². The Morgan fingerprint density at radius 2 is 1.73 bits per heavy atom. The van der Waals surface area contributed by atoms with Crippen LogP contribution in [0.4, 0.5) is 0 Å². The van der Waals surface area contributed by atoms with Crippen LogP contribution in [0.15, 0.2) is 28.0 Å². The van der Waals surface area contributed by atoms with Crippen LogP contribution in [0.1, 0.15) is 18.8 Å². The number of H-pyrrole nitrogens is 1. The molecule has 2 fully saturated rings. The molecule has 2 aromatic heterocycles. The van der Waals surface area contributed by atoms with Gasteiger partial charge in [0.25, 0.3) is 5.56 Å². The molecule has 51 heavy (non-hydrogen) atoms. The molecule has 4 rings (SSSR count). The van der Waals surface area contributed by atoms with Gasteiger partial charge in [-0.2, -0.15) is 0 Å². The van der Waals surface area contributed by atoms with Gasteiger partial charge in [0, 0.05) is 26.3 Å². The van der Waals surface area contributed by atoms with Gasteiger partial charge >= 0.3 is 13.5 Å². The Morgan fingerprint density at radius 1 is 1.02 bits per heavy atom. The maximum Gasteiger partial charge on any atom is 0.472 e. The van der Waals surface area contributed by atoms with Crippen molar-refractivity contribution in [1.29, 1.82) is 0 Å². The number of carbonyl (C=O) groups excluding carboxylic acids is 1. The topological polar surface area (TPSA) is 307 Å². The molecule has 2 aliphatic heterocycles. The predicted octanol–water partition coefficient (Wildman–Crippen LogP) is -4.27. The lowest BCUT2D eigenvalue weighted by Crippen LogP contribution is -2.64. The number of nitrogens with one attached hydrogen (secondary N) is 2. The van der Waals surface area contributed by atoms with Crippen LogP contribution < -0.4 is 16.6 Å². The Hall–Kier alpha value is -3.00. The second kappa shape index (κ2) is 19.2.